The summed E-state index contributed by atoms with van der Waals surface area (Å²) in [6, 6.07) is 20.5. The molecule has 0 fully saturated rings. The van der Waals surface area contributed by atoms with Crippen molar-refractivity contribution in [1.82, 2.24) is 14.5 Å². The second-order valence-corrected chi connectivity index (χ2v) is 6.08. The number of benzene rings is 2. The third-order valence-electron chi connectivity index (χ3n) is 4.21. The van der Waals surface area contributed by atoms with Crippen LogP contribution in [-0.4, -0.2) is 14.5 Å². The van der Waals surface area contributed by atoms with Crippen molar-refractivity contribution in [3.05, 3.63) is 84.8 Å². The summed E-state index contributed by atoms with van der Waals surface area (Å²) in [5.41, 5.74) is 5.14. The van der Waals surface area contributed by atoms with Gasteiger partial charge in [-0.3, -0.25) is 0 Å². The molecule has 0 aliphatic heterocycles. The van der Waals surface area contributed by atoms with E-state index in [1.165, 1.54) is 6.33 Å². The largest absolute Gasteiger partial charge is 0.321 e. The Morgan fingerprint density at radius 3 is 2.20 bits per heavy atom. The van der Waals surface area contributed by atoms with Crippen LogP contribution in [0.5, 0.6) is 0 Å². The maximum absolute atomic E-state index is 6.49. The molecule has 25 heavy (non-hydrogen) atoms. The maximum Gasteiger partial charge on any atom is 0.146 e. The summed E-state index contributed by atoms with van der Waals surface area (Å²) in [6.07, 6.45) is 3.38. The Kier molecular flexibility index (Phi) is 4.08. The Hall–Kier alpha value is -2.91. The molecule has 4 rings (SSSR count). The van der Waals surface area contributed by atoms with Gasteiger partial charge < -0.3 is 4.57 Å². The molecule has 0 aliphatic carbocycles. The van der Waals surface area contributed by atoms with Crippen LogP contribution in [0.2, 0.25) is 5.15 Å². The molecule has 0 amide bonds. The van der Waals surface area contributed by atoms with Crippen molar-refractivity contribution < 1.29 is 0 Å². The average molecular weight is 346 g/mol. The third-order valence-corrected chi connectivity index (χ3v) is 4.50. The summed E-state index contributed by atoms with van der Waals surface area (Å²) in [7, 11) is 0. The Morgan fingerprint density at radius 2 is 1.56 bits per heavy atom. The minimum absolute atomic E-state index is 0.462. The van der Waals surface area contributed by atoms with Gasteiger partial charge in [-0.2, -0.15) is 0 Å². The van der Waals surface area contributed by atoms with Crippen LogP contribution in [0.1, 0.15) is 0 Å². The lowest BCUT2D eigenvalue weighted by atomic mass is 9.99. The van der Waals surface area contributed by atoms with Crippen LogP contribution in [-0.2, 0) is 6.54 Å². The van der Waals surface area contributed by atoms with Crippen LogP contribution in [0, 0.1) is 0 Å². The van der Waals surface area contributed by atoms with Gasteiger partial charge in [-0.1, -0.05) is 78.3 Å². The van der Waals surface area contributed by atoms with E-state index in [9.17, 15) is 0 Å². The van der Waals surface area contributed by atoms with E-state index in [1.807, 2.05) is 42.5 Å². The van der Waals surface area contributed by atoms with Gasteiger partial charge in [0.05, 0.1) is 11.1 Å². The lowest BCUT2D eigenvalue weighted by Crippen LogP contribution is -1.99. The standard InChI is InChI=1S/C21H16ClN3/c1-2-13-25-19(16-11-7-4-8-12-16)17(15-9-5-3-6-10-15)18-20(22)23-14-24-21(18)25/h2-12,14H,1,13H2. The summed E-state index contributed by atoms with van der Waals surface area (Å²) in [5.74, 6) is 0. The Labute approximate surface area is 151 Å². The molecule has 0 aliphatic rings. The van der Waals surface area contributed by atoms with Gasteiger partial charge in [0.1, 0.15) is 17.1 Å². The molecule has 0 atom stereocenters. The van der Waals surface area contributed by atoms with Gasteiger partial charge >= 0.3 is 0 Å². The summed E-state index contributed by atoms with van der Waals surface area (Å²) in [6.45, 7) is 4.54. The molecular formula is C21H16ClN3. The summed E-state index contributed by atoms with van der Waals surface area (Å²) in [5, 5.41) is 1.33. The van der Waals surface area contributed by atoms with Crippen LogP contribution >= 0.6 is 11.6 Å². The predicted octanol–water partition coefficient (Wildman–Crippen LogP) is 5.60. The molecule has 2 aromatic carbocycles. The number of hydrogen-bond donors (Lipinski definition) is 0. The SMILES string of the molecule is C=CCn1c(-c2ccccc2)c(-c2ccccc2)c2c(Cl)ncnc21. The van der Waals surface area contributed by atoms with Gasteiger partial charge in [-0.15, -0.1) is 6.58 Å². The Morgan fingerprint density at radius 1 is 0.920 bits per heavy atom. The molecule has 0 radical (unpaired) electrons. The van der Waals surface area contributed by atoms with Gasteiger partial charge in [0.25, 0.3) is 0 Å². The fourth-order valence-electron chi connectivity index (χ4n) is 3.22. The number of halogens is 1. The highest BCUT2D eigenvalue weighted by atomic mass is 35.5. The highest BCUT2D eigenvalue weighted by Crippen LogP contribution is 2.42. The Bertz CT molecular complexity index is 1040. The normalized spacial score (nSPS) is 10.9. The van der Waals surface area contributed by atoms with E-state index in [0.717, 1.165) is 33.4 Å². The lowest BCUT2D eigenvalue weighted by Gasteiger charge is -2.10. The predicted molar refractivity (Wildman–Crippen MR) is 104 cm³/mol. The second kappa shape index (κ2) is 6.54. The number of hydrogen-bond acceptors (Lipinski definition) is 2. The molecular weight excluding hydrogens is 330 g/mol. The van der Waals surface area contributed by atoms with E-state index in [4.69, 9.17) is 11.6 Å². The van der Waals surface area contributed by atoms with Crippen molar-refractivity contribution >= 4 is 22.6 Å². The second-order valence-electron chi connectivity index (χ2n) is 5.72. The first-order valence-corrected chi connectivity index (χ1v) is 8.43. The number of aromatic nitrogens is 3. The quantitative estimate of drug-likeness (QED) is 0.356. The van der Waals surface area contributed by atoms with Crippen molar-refractivity contribution in [2.45, 2.75) is 6.54 Å². The summed E-state index contributed by atoms with van der Waals surface area (Å²) < 4.78 is 2.15. The van der Waals surface area contributed by atoms with E-state index >= 15 is 0 Å². The van der Waals surface area contributed by atoms with E-state index in [1.54, 1.807) is 0 Å². The highest BCUT2D eigenvalue weighted by Gasteiger charge is 2.22. The minimum Gasteiger partial charge on any atom is -0.321 e. The first kappa shape index (κ1) is 15.6. The van der Waals surface area contributed by atoms with E-state index in [-0.39, 0.29) is 0 Å². The molecule has 2 aromatic heterocycles. The van der Waals surface area contributed by atoms with Crippen LogP contribution in [0.25, 0.3) is 33.4 Å². The van der Waals surface area contributed by atoms with Crippen LogP contribution in [0.3, 0.4) is 0 Å². The van der Waals surface area contributed by atoms with Crippen molar-refractivity contribution in [3.63, 3.8) is 0 Å². The maximum atomic E-state index is 6.49. The molecule has 0 N–H and O–H groups in total. The van der Waals surface area contributed by atoms with Crippen molar-refractivity contribution in [2.24, 2.45) is 0 Å². The molecule has 0 spiro atoms. The zero-order valence-corrected chi connectivity index (χ0v) is 14.3. The highest BCUT2D eigenvalue weighted by molar-refractivity contribution is 6.35. The molecule has 4 heteroatoms. The molecule has 0 unspecified atom stereocenters. The summed E-state index contributed by atoms with van der Waals surface area (Å²) in [4.78, 5) is 8.73. The number of fused-ring (bicyclic) bond motifs is 1. The van der Waals surface area contributed by atoms with Crippen molar-refractivity contribution in [2.75, 3.05) is 0 Å². The van der Waals surface area contributed by atoms with Crippen molar-refractivity contribution in [1.29, 1.82) is 0 Å². The monoisotopic (exact) mass is 345 g/mol. The van der Waals surface area contributed by atoms with Gasteiger partial charge in [0, 0.05) is 12.1 Å². The third kappa shape index (κ3) is 2.63. The first-order chi connectivity index (χ1) is 12.3. The van der Waals surface area contributed by atoms with E-state index < -0.39 is 0 Å². The van der Waals surface area contributed by atoms with Crippen LogP contribution < -0.4 is 0 Å². The molecule has 0 saturated carbocycles. The molecule has 4 aromatic rings. The minimum atomic E-state index is 0.462. The number of rotatable bonds is 4. The number of nitrogens with zero attached hydrogens (tertiary/aromatic N) is 3. The van der Waals surface area contributed by atoms with E-state index in [0.29, 0.717) is 11.7 Å². The van der Waals surface area contributed by atoms with Crippen LogP contribution in [0.15, 0.2) is 79.6 Å². The average Bonchev–Trinajstić information content (AvgIpc) is 2.99. The smallest absolute Gasteiger partial charge is 0.146 e. The topological polar surface area (TPSA) is 30.7 Å². The van der Waals surface area contributed by atoms with Crippen molar-refractivity contribution in [3.8, 4) is 22.4 Å². The molecule has 2 heterocycles. The van der Waals surface area contributed by atoms with Gasteiger partial charge in [0.2, 0.25) is 0 Å². The molecule has 0 saturated heterocycles. The van der Waals surface area contributed by atoms with Gasteiger partial charge in [-0.25, -0.2) is 9.97 Å². The fourth-order valence-corrected chi connectivity index (χ4v) is 3.45. The van der Waals surface area contributed by atoms with Crippen LogP contribution in [0.4, 0.5) is 0 Å². The van der Waals surface area contributed by atoms with Gasteiger partial charge in [0.15, 0.2) is 0 Å². The zero-order chi connectivity index (χ0) is 17.2. The fraction of sp³-hybridized carbons (Fsp3) is 0.0476. The lowest BCUT2D eigenvalue weighted by molar-refractivity contribution is 0.858. The molecule has 122 valence electrons. The number of allylic oxidation sites excluding steroid dienone is 1. The molecule has 3 nitrogen and oxygen atoms in total. The molecule has 0 bridgehead atoms. The summed E-state index contributed by atoms with van der Waals surface area (Å²) >= 11 is 6.49. The van der Waals surface area contributed by atoms with Gasteiger partial charge in [-0.05, 0) is 11.1 Å². The Balaban J connectivity index is 2.19. The first-order valence-electron chi connectivity index (χ1n) is 8.05. The van der Waals surface area contributed by atoms with E-state index in [2.05, 4.69) is 45.4 Å². The zero-order valence-electron chi connectivity index (χ0n) is 13.6.